The van der Waals surface area contributed by atoms with E-state index in [9.17, 15) is 4.79 Å². The standard InChI is InChI=1S/C20H23N5O/c1-13-4-5-17-16(14(13)2)12-18(24-17)19(26)23-15-6-10-25(11-7-15)20-21-8-3-9-22-20/h3-5,8-9,12,15,24H,6-7,10-11H2,1-2H3,(H,23,26). The summed E-state index contributed by atoms with van der Waals surface area (Å²) < 4.78 is 0. The van der Waals surface area contributed by atoms with Crippen LogP contribution in [0.5, 0.6) is 0 Å². The third kappa shape index (κ3) is 3.14. The SMILES string of the molecule is Cc1ccc2[nH]c(C(=O)NC3CCN(c4ncccn4)CC3)cc2c1C. The van der Waals surface area contributed by atoms with Gasteiger partial charge in [0.2, 0.25) is 5.95 Å². The zero-order valence-corrected chi connectivity index (χ0v) is 15.1. The lowest BCUT2D eigenvalue weighted by molar-refractivity contribution is 0.0927. The molecule has 1 aliphatic rings. The Morgan fingerprint density at radius 1 is 1.19 bits per heavy atom. The molecule has 3 aromatic rings. The van der Waals surface area contributed by atoms with Crippen molar-refractivity contribution in [3.63, 3.8) is 0 Å². The predicted molar refractivity (Wildman–Crippen MR) is 103 cm³/mol. The van der Waals surface area contributed by atoms with Crippen LogP contribution in [0, 0.1) is 13.8 Å². The van der Waals surface area contributed by atoms with Gasteiger partial charge < -0.3 is 15.2 Å². The second kappa shape index (κ2) is 6.78. The first-order chi connectivity index (χ1) is 12.6. The Morgan fingerprint density at radius 3 is 2.65 bits per heavy atom. The van der Waals surface area contributed by atoms with E-state index in [0.717, 1.165) is 42.8 Å². The highest BCUT2D eigenvalue weighted by Gasteiger charge is 2.23. The van der Waals surface area contributed by atoms with Crippen LogP contribution in [0.2, 0.25) is 0 Å². The molecular weight excluding hydrogens is 326 g/mol. The number of hydrogen-bond donors (Lipinski definition) is 2. The van der Waals surface area contributed by atoms with Gasteiger partial charge in [0.25, 0.3) is 5.91 Å². The zero-order chi connectivity index (χ0) is 18.1. The minimum atomic E-state index is -0.0346. The highest BCUT2D eigenvalue weighted by molar-refractivity contribution is 5.99. The summed E-state index contributed by atoms with van der Waals surface area (Å²) in [5, 5.41) is 4.28. The van der Waals surface area contributed by atoms with E-state index >= 15 is 0 Å². The van der Waals surface area contributed by atoms with Gasteiger partial charge in [-0.3, -0.25) is 4.79 Å². The number of anilines is 1. The van der Waals surface area contributed by atoms with Gasteiger partial charge in [-0.1, -0.05) is 6.07 Å². The topological polar surface area (TPSA) is 73.9 Å². The fourth-order valence-corrected chi connectivity index (χ4v) is 3.52. The van der Waals surface area contributed by atoms with Crippen molar-refractivity contribution >= 4 is 22.8 Å². The number of carbonyl (C=O) groups excluding carboxylic acids is 1. The third-order valence-corrected chi connectivity index (χ3v) is 5.25. The normalized spacial score (nSPS) is 15.4. The molecule has 0 unspecified atom stereocenters. The number of H-pyrrole nitrogens is 1. The fraction of sp³-hybridized carbons (Fsp3) is 0.350. The van der Waals surface area contributed by atoms with E-state index in [1.165, 1.54) is 11.1 Å². The van der Waals surface area contributed by atoms with Crippen molar-refractivity contribution in [2.24, 2.45) is 0 Å². The van der Waals surface area contributed by atoms with Crippen molar-refractivity contribution in [1.82, 2.24) is 20.3 Å². The lowest BCUT2D eigenvalue weighted by Gasteiger charge is -2.32. The average Bonchev–Trinajstić information content (AvgIpc) is 3.11. The summed E-state index contributed by atoms with van der Waals surface area (Å²) in [6, 6.07) is 8.07. The highest BCUT2D eigenvalue weighted by atomic mass is 16.1. The molecule has 0 atom stereocenters. The maximum absolute atomic E-state index is 12.6. The van der Waals surface area contributed by atoms with Crippen LogP contribution in [0.3, 0.4) is 0 Å². The monoisotopic (exact) mass is 349 g/mol. The van der Waals surface area contributed by atoms with Crippen LogP contribution in [-0.4, -0.2) is 40.0 Å². The number of carbonyl (C=O) groups is 1. The first-order valence-corrected chi connectivity index (χ1v) is 9.03. The summed E-state index contributed by atoms with van der Waals surface area (Å²) in [5.74, 6) is 0.728. The van der Waals surface area contributed by atoms with Gasteiger partial charge in [-0.15, -0.1) is 0 Å². The zero-order valence-electron chi connectivity index (χ0n) is 15.1. The van der Waals surface area contributed by atoms with E-state index < -0.39 is 0 Å². The Morgan fingerprint density at radius 2 is 1.92 bits per heavy atom. The van der Waals surface area contributed by atoms with Crippen LogP contribution >= 0.6 is 0 Å². The minimum absolute atomic E-state index is 0.0346. The van der Waals surface area contributed by atoms with Gasteiger partial charge in [-0.05, 0) is 56.0 Å². The van der Waals surface area contributed by atoms with Gasteiger partial charge in [0.15, 0.2) is 0 Å². The molecule has 1 fully saturated rings. The number of amides is 1. The maximum Gasteiger partial charge on any atom is 0.267 e. The molecule has 1 aromatic carbocycles. The number of benzene rings is 1. The van der Waals surface area contributed by atoms with Crippen LogP contribution in [0.1, 0.15) is 34.5 Å². The van der Waals surface area contributed by atoms with Gasteiger partial charge >= 0.3 is 0 Å². The minimum Gasteiger partial charge on any atom is -0.351 e. The summed E-state index contributed by atoms with van der Waals surface area (Å²) in [5.41, 5.74) is 4.09. The van der Waals surface area contributed by atoms with Gasteiger partial charge in [0.1, 0.15) is 5.69 Å². The Kier molecular flexibility index (Phi) is 4.32. The van der Waals surface area contributed by atoms with Crippen molar-refractivity contribution in [3.05, 3.63) is 53.5 Å². The Bertz CT molecular complexity index is 926. The first-order valence-electron chi connectivity index (χ1n) is 9.03. The van der Waals surface area contributed by atoms with Crippen LogP contribution < -0.4 is 10.2 Å². The summed E-state index contributed by atoms with van der Waals surface area (Å²) in [6.45, 7) is 5.88. The molecule has 1 aliphatic heterocycles. The molecule has 0 saturated carbocycles. The van der Waals surface area contributed by atoms with Crippen molar-refractivity contribution in [3.8, 4) is 0 Å². The summed E-state index contributed by atoms with van der Waals surface area (Å²) >= 11 is 0. The molecule has 4 rings (SSSR count). The first kappa shape index (κ1) is 16.6. The number of fused-ring (bicyclic) bond motifs is 1. The molecule has 134 valence electrons. The van der Waals surface area contributed by atoms with E-state index in [1.54, 1.807) is 12.4 Å². The fourth-order valence-electron chi connectivity index (χ4n) is 3.52. The van der Waals surface area contributed by atoms with Crippen LogP contribution in [0.4, 0.5) is 5.95 Å². The van der Waals surface area contributed by atoms with Crippen molar-refractivity contribution < 1.29 is 4.79 Å². The van der Waals surface area contributed by atoms with Gasteiger partial charge in [-0.25, -0.2) is 9.97 Å². The number of aryl methyl sites for hydroxylation is 2. The molecule has 26 heavy (non-hydrogen) atoms. The molecule has 6 heteroatoms. The second-order valence-corrected chi connectivity index (χ2v) is 6.94. The Balaban J connectivity index is 1.41. The lowest BCUT2D eigenvalue weighted by Crippen LogP contribution is -2.45. The largest absolute Gasteiger partial charge is 0.351 e. The number of nitrogens with one attached hydrogen (secondary N) is 2. The lowest BCUT2D eigenvalue weighted by atomic mass is 10.0. The van der Waals surface area contributed by atoms with E-state index in [1.807, 2.05) is 18.2 Å². The molecule has 2 aromatic heterocycles. The molecule has 1 amide bonds. The third-order valence-electron chi connectivity index (χ3n) is 5.25. The maximum atomic E-state index is 12.6. The number of aromatic nitrogens is 3. The van der Waals surface area contributed by atoms with E-state index in [-0.39, 0.29) is 11.9 Å². The summed E-state index contributed by atoms with van der Waals surface area (Å²) in [7, 11) is 0. The van der Waals surface area contributed by atoms with Crippen LogP contribution in [0.15, 0.2) is 36.7 Å². The number of rotatable bonds is 3. The van der Waals surface area contributed by atoms with Crippen LogP contribution in [-0.2, 0) is 0 Å². The van der Waals surface area contributed by atoms with Crippen molar-refractivity contribution in [1.29, 1.82) is 0 Å². The van der Waals surface area contributed by atoms with Gasteiger partial charge in [-0.2, -0.15) is 0 Å². The number of hydrogen-bond acceptors (Lipinski definition) is 4. The summed E-state index contributed by atoms with van der Waals surface area (Å²) in [6.07, 6.45) is 5.30. The molecule has 1 saturated heterocycles. The van der Waals surface area contributed by atoms with E-state index in [2.05, 4.69) is 45.1 Å². The predicted octanol–water partition coefficient (Wildman–Crippen LogP) is 2.97. The Hall–Kier alpha value is -2.89. The number of nitrogens with zero attached hydrogens (tertiary/aromatic N) is 3. The molecule has 0 bridgehead atoms. The smallest absolute Gasteiger partial charge is 0.267 e. The Labute approximate surface area is 152 Å². The van der Waals surface area contributed by atoms with Crippen molar-refractivity contribution in [2.75, 3.05) is 18.0 Å². The highest BCUT2D eigenvalue weighted by Crippen LogP contribution is 2.23. The second-order valence-electron chi connectivity index (χ2n) is 6.94. The molecule has 0 aliphatic carbocycles. The van der Waals surface area contributed by atoms with E-state index in [4.69, 9.17) is 0 Å². The molecule has 0 spiro atoms. The van der Waals surface area contributed by atoms with Crippen molar-refractivity contribution in [2.45, 2.75) is 32.7 Å². The quantitative estimate of drug-likeness (QED) is 0.762. The molecule has 0 radical (unpaired) electrons. The molecule has 3 heterocycles. The molecule has 2 N–H and O–H groups in total. The molecular formula is C20H23N5O. The summed E-state index contributed by atoms with van der Waals surface area (Å²) in [4.78, 5) is 26.7. The number of piperidine rings is 1. The molecule has 6 nitrogen and oxygen atoms in total. The van der Waals surface area contributed by atoms with Gasteiger partial charge in [0, 0.05) is 42.4 Å². The van der Waals surface area contributed by atoms with Crippen LogP contribution in [0.25, 0.3) is 10.9 Å². The van der Waals surface area contributed by atoms with Gasteiger partial charge in [0.05, 0.1) is 0 Å². The number of aromatic amines is 1. The average molecular weight is 349 g/mol. The van der Waals surface area contributed by atoms with E-state index in [0.29, 0.717) is 5.69 Å².